The summed E-state index contributed by atoms with van der Waals surface area (Å²) in [5, 5.41) is 0. The van der Waals surface area contributed by atoms with Crippen LogP contribution in [0.15, 0.2) is 0 Å². The minimum absolute atomic E-state index is 0.00926. The molecule has 90 valence electrons. The van der Waals surface area contributed by atoms with Gasteiger partial charge in [0.1, 0.15) is 6.10 Å². The topological polar surface area (TPSA) is 26.3 Å². The molecule has 0 rings (SSSR count). The lowest BCUT2D eigenvalue weighted by atomic mass is 9.95. The SMILES string of the molecule is CC(C)C(C)C(=O)OC(C(C)C)C(C)C. The fourth-order valence-electron chi connectivity index (χ4n) is 1.56. The van der Waals surface area contributed by atoms with Crippen LogP contribution in [0.4, 0.5) is 0 Å². The van der Waals surface area contributed by atoms with Gasteiger partial charge in [-0.25, -0.2) is 0 Å². The van der Waals surface area contributed by atoms with E-state index in [0.717, 1.165) is 0 Å². The summed E-state index contributed by atoms with van der Waals surface area (Å²) in [7, 11) is 0. The molecule has 0 N–H and O–H groups in total. The van der Waals surface area contributed by atoms with Gasteiger partial charge in [-0.3, -0.25) is 4.79 Å². The van der Waals surface area contributed by atoms with Gasteiger partial charge in [-0.05, 0) is 17.8 Å². The largest absolute Gasteiger partial charge is 0.462 e. The zero-order valence-electron chi connectivity index (χ0n) is 11.2. The number of hydrogen-bond donors (Lipinski definition) is 0. The third-order valence-corrected chi connectivity index (χ3v) is 2.94. The highest BCUT2D eigenvalue weighted by Gasteiger charge is 2.26. The van der Waals surface area contributed by atoms with Crippen molar-refractivity contribution in [2.24, 2.45) is 23.7 Å². The van der Waals surface area contributed by atoms with Gasteiger partial charge in [-0.2, -0.15) is 0 Å². The van der Waals surface area contributed by atoms with E-state index in [4.69, 9.17) is 4.74 Å². The number of carbonyl (C=O) groups excluding carboxylic acids is 1. The molecule has 1 unspecified atom stereocenters. The molecule has 0 spiro atoms. The molecule has 0 aromatic rings. The van der Waals surface area contributed by atoms with Gasteiger partial charge in [-0.15, -0.1) is 0 Å². The van der Waals surface area contributed by atoms with Crippen molar-refractivity contribution in [3.8, 4) is 0 Å². The van der Waals surface area contributed by atoms with Crippen LogP contribution in [-0.4, -0.2) is 12.1 Å². The Morgan fingerprint density at radius 2 is 1.20 bits per heavy atom. The molecule has 2 heteroatoms. The molecule has 0 saturated carbocycles. The summed E-state index contributed by atoms with van der Waals surface area (Å²) < 4.78 is 5.56. The molecule has 0 aliphatic heterocycles. The molecule has 0 amide bonds. The highest BCUT2D eigenvalue weighted by atomic mass is 16.5. The van der Waals surface area contributed by atoms with Crippen molar-refractivity contribution in [1.82, 2.24) is 0 Å². The van der Waals surface area contributed by atoms with E-state index >= 15 is 0 Å². The molecule has 0 aliphatic rings. The summed E-state index contributed by atoms with van der Waals surface area (Å²) in [6.45, 7) is 14.4. The first-order valence-electron chi connectivity index (χ1n) is 5.97. The molecule has 15 heavy (non-hydrogen) atoms. The second-order valence-electron chi connectivity index (χ2n) is 5.42. The quantitative estimate of drug-likeness (QED) is 0.655. The Kier molecular flexibility index (Phi) is 5.92. The second-order valence-corrected chi connectivity index (χ2v) is 5.42. The second kappa shape index (κ2) is 6.14. The third kappa shape index (κ3) is 4.67. The third-order valence-electron chi connectivity index (χ3n) is 2.94. The van der Waals surface area contributed by atoms with Crippen LogP contribution in [0, 0.1) is 23.7 Å². The van der Waals surface area contributed by atoms with Crippen molar-refractivity contribution in [1.29, 1.82) is 0 Å². The number of hydrogen-bond acceptors (Lipinski definition) is 2. The maximum atomic E-state index is 11.8. The molecule has 1 atom stereocenters. The molecule has 0 aromatic carbocycles. The molecular formula is C13H26O2. The van der Waals surface area contributed by atoms with Gasteiger partial charge < -0.3 is 4.74 Å². The van der Waals surface area contributed by atoms with E-state index in [0.29, 0.717) is 17.8 Å². The Labute approximate surface area is 94.4 Å². The van der Waals surface area contributed by atoms with Gasteiger partial charge in [0.05, 0.1) is 5.92 Å². The van der Waals surface area contributed by atoms with E-state index in [2.05, 4.69) is 27.7 Å². The minimum atomic E-state index is -0.0580. The maximum Gasteiger partial charge on any atom is 0.309 e. The lowest BCUT2D eigenvalue weighted by Gasteiger charge is -2.27. The lowest BCUT2D eigenvalue weighted by Crippen LogP contribution is -2.32. The van der Waals surface area contributed by atoms with Gasteiger partial charge in [0.15, 0.2) is 0 Å². The first-order valence-corrected chi connectivity index (χ1v) is 5.97. The highest BCUT2D eigenvalue weighted by Crippen LogP contribution is 2.20. The van der Waals surface area contributed by atoms with Crippen LogP contribution in [0.3, 0.4) is 0 Å². The monoisotopic (exact) mass is 214 g/mol. The minimum Gasteiger partial charge on any atom is -0.462 e. The average molecular weight is 214 g/mol. The van der Waals surface area contributed by atoms with Crippen molar-refractivity contribution in [2.75, 3.05) is 0 Å². The molecule has 0 bridgehead atoms. The number of esters is 1. The molecule has 0 aromatic heterocycles. The Balaban J connectivity index is 4.36. The highest BCUT2D eigenvalue weighted by molar-refractivity contribution is 5.72. The van der Waals surface area contributed by atoms with Crippen molar-refractivity contribution in [2.45, 2.75) is 54.6 Å². The summed E-state index contributed by atoms with van der Waals surface area (Å²) >= 11 is 0. The Morgan fingerprint density at radius 1 is 0.800 bits per heavy atom. The van der Waals surface area contributed by atoms with E-state index in [9.17, 15) is 4.79 Å². The van der Waals surface area contributed by atoms with Crippen molar-refractivity contribution >= 4 is 5.97 Å². The summed E-state index contributed by atoms with van der Waals surface area (Å²) in [5.41, 5.74) is 0. The Bertz CT molecular complexity index is 187. The van der Waals surface area contributed by atoms with Gasteiger partial charge in [0.25, 0.3) is 0 Å². The molecule has 0 heterocycles. The first-order chi connectivity index (χ1) is 6.77. The fourth-order valence-corrected chi connectivity index (χ4v) is 1.56. The average Bonchev–Trinajstić information content (AvgIpc) is 2.11. The zero-order chi connectivity index (χ0) is 12.2. The van der Waals surface area contributed by atoms with E-state index in [1.54, 1.807) is 0 Å². The van der Waals surface area contributed by atoms with Gasteiger partial charge in [0, 0.05) is 0 Å². The normalized spacial score (nSPS) is 14.1. The first kappa shape index (κ1) is 14.5. The summed E-state index contributed by atoms with van der Waals surface area (Å²) in [4.78, 5) is 11.8. The molecular weight excluding hydrogens is 188 g/mol. The molecule has 0 aliphatic carbocycles. The smallest absolute Gasteiger partial charge is 0.309 e. The zero-order valence-corrected chi connectivity index (χ0v) is 11.2. The predicted molar refractivity (Wildman–Crippen MR) is 63.6 cm³/mol. The van der Waals surface area contributed by atoms with Crippen molar-refractivity contribution in [3.63, 3.8) is 0 Å². The van der Waals surface area contributed by atoms with E-state index in [1.165, 1.54) is 0 Å². The molecule has 0 saturated heterocycles. The molecule has 0 fully saturated rings. The van der Waals surface area contributed by atoms with Crippen LogP contribution in [0.25, 0.3) is 0 Å². The van der Waals surface area contributed by atoms with Crippen LogP contribution in [0.1, 0.15) is 48.5 Å². The van der Waals surface area contributed by atoms with Crippen LogP contribution < -0.4 is 0 Å². The summed E-state index contributed by atoms with van der Waals surface area (Å²) in [6, 6.07) is 0. The van der Waals surface area contributed by atoms with Crippen LogP contribution in [0.5, 0.6) is 0 Å². The van der Waals surface area contributed by atoms with Crippen LogP contribution in [0.2, 0.25) is 0 Å². The molecule has 0 radical (unpaired) electrons. The molecule has 2 nitrogen and oxygen atoms in total. The van der Waals surface area contributed by atoms with E-state index in [-0.39, 0.29) is 18.0 Å². The fraction of sp³-hybridized carbons (Fsp3) is 0.923. The van der Waals surface area contributed by atoms with E-state index < -0.39 is 0 Å². The van der Waals surface area contributed by atoms with Crippen molar-refractivity contribution < 1.29 is 9.53 Å². The maximum absolute atomic E-state index is 11.8. The van der Waals surface area contributed by atoms with E-state index in [1.807, 2.05) is 20.8 Å². The number of carbonyl (C=O) groups is 1. The number of ether oxygens (including phenoxy) is 1. The predicted octanol–water partition coefficient (Wildman–Crippen LogP) is 3.50. The van der Waals surface area contributed by atoms with Gasteiger partial charge >= 0.3 is 5.97 Å². The van der Waals surface area contributed by atoms with Crippen molar-refractivity contribution in [3.05, 3.63) is 0 Å². The van der Waals surface area contributed by atoms with Crippen LogP contribution >= 0.6 is 0 Å². The Hall–Kier alpha value is -0.530. The Morgan fingerprint density at radius 3 is 1.47 bits per heavy atom. The van der Waals surface area contributed by atoms with Gasteiger partial charge in [-0.1, -0.05) is 48.5 Å². The standard InChI is InChI=1S/C13H26O2/c1-8(2)11(7)13(14)15-12(9(3)4)10(5)6/h8-12H,1-7H3. The lowest BCUT2D eigenvalue weighted by molar-refractivity contribution is -0.159. The summed E-state index contributed by atoms with van der Waals surface area (Å²) in [5.74, 6) is 1.04. The summed E-state index contributed by atoms with van der Waals surface area (Å²) in [6.07, 6.45) is 0.0405. The van der Waals surface area contributed by atoms with Crippen LogP contribution in [-0.2, 0) is 9.53 Å². The number of rotatable bonds is 5. The van der Waals surface area contributed by atoms with Gasteiger partial charge in [0.2, 0.25) is 0 Å².